The van der Waals surface area contributed by atoms with Crippen molar-refractivity contribution in [3.63, 3.8) is 0 Å². The first-order valence-corrected chi connectivity index (χ1v) is 30.4. The molecule has 11 rings (SSSR count). The molecule has 0 amide bonds. The summed E-state index contributed by atoms with van der Waals surface area (Å²) >= 11 is 0. The van der Waals surface area contributed by atoms with Gasteiger partial charge in [-0.2, -0.15) is 0 Å². The highest BCUT2D eigenvalue weighted by atomic mass is 16.8. The fourth-order valence-corrected chi connectivity index (χ4v) is 17.0. The van der Waals surface area contributed by atoms with Crippen molar-refractivity contribution in [3.8, 4) is 0 Å². The van der Waals surface area contributed by atoms with E-state index in [0.717, 1.165) is 25.7 Å². The van der Waals surface area contributed by atoms with Crippen LogP contribution >= 0.6 is 0 Å². The monoisotopic (exact) mass is 1220 g/mol. The van der Waals surface area contributed by atoms with Gasteiger partial charge in [0, 0.05) is 12.3 Å². The minimum Gasteiger partial charge on any atom is -0.394 e. The average molecular weight is 1230 g/mol. The van der Waals surface area contributed by atoms with Crippen molar-refractivity contribution in [2.24, 2.45) is 40.4 Å². The molecule has 0 aromatic heterocycles. The maximum Gasteiger partial charge on any atom is 0.187 e. The Bertz CT molecular complexity index is 2310. The first-order chi connectivity index (χ1) is 40.2. The van der Waals surface area contributed by atoms with Gasteiger partial charge in [-0.15, -0.1) is 0 Å². The normalized spacial score (nSPS) is 57.0. The third-order valence-electron chi connectivity index (χ3n) is 22.0. The van der Waals surface area contributed by atoms with E-state index in [0.29, 0.717) is 49.9 Å². The lowest BCUT2D eigenvalue weighted by Crippen LogP contribution is -2.67. The zero-order chi connectivity index (χ0) is 61.1. The van der Waals surface area contributed by atoms with Gasteiger partial charge in [0.2, 0.25) is 0 Å². The first-order valence-electron chi connectivity index (χ1n) is 30.4. The molecule has 11 aliphatic rings. The summed E-state index contributed by atoms with van der Waals surface area (Å²) in [6.07, 6.45) is -32.2. The standard InChI is InChI=1S/C57H92O28/c1-21-33-28(84-57(21)13-12-54(3,85-57)20-75-50-44(71)40(67)35(62)29(16-58)78-50)15-27-25-7-6-23-14-24(8-10-55(23,4)26(25)9-11-56(27,33)5)77-53-48(42(69)37(64)32(81-53)19-74-49-43(70)39(66)34(61)22(2)76-49)83-52-46(73)47(38(65)31(18-60)80-52)82-51-45(72)41(68)36(63)30(17-59)79-51/h6,21-22,24-53,58-73H,7-20H2,1-5H3. The fraction of sp³-hybridized carbons (Fsp3) is 0.965. The largest absolute Gasteiger partial charge is 0.394 e. The summed E-state index contributed by atoms with van der Waals surface area (Å²) in [4.78, 5) is 0. The Balaban J connectivity index is 0.775. The molecule has 4 aliphatic carbocycles. The second-order valence-electron chi connectivity index (χ2n) is 27.0. The van der Waals surface area contributed by atoms with Crippen LogP contribution in [-0.2, 0) is 56.8 Å². The number of fused-ring (bicyclic) bond motifs is 7. The number of hydrogen-bond acceptors (Lipinski definition) is 28. The highest BCUT2D eigenvalue weighted by Crippen LogP contribution is 2.71. The smallest absolute Gasteiger partial charge is 0.187 e. The zero-order valence-corrected chi connectivity index (χ0v) is 48.5. The van der Waals surface area contributed by atoms with E-state index in [1.165, 1.54) is 12.5 Å². The van der Waals surface area contributed by atoms with Gasteiger partial charge in [0.1, 0.15) is 116 Å². The molecule has 0 radical (unpaired) electrons. The number of ether oxygens (including phenoxy) is 12. The van der Waals surface area contributed by atoms with Gasteiger partial charge >= 0.3 is 0 Å². The molecule has 488 valence electrons. The van der Waals surface area contributed by atoms with Crippen LogP contribution in [0.5, 0.6) is 0 Å². The zero-order valence-electron chi connectivity index (χ0n) is 48.5. The van der Waals surface area contributed by atoms with Crippen LogP contribution in [-0.4, -0.2) is 292 Å². The van der Waals surface area contributed by atoms with Crippen LogP contribution in [0, 0.1) is 40.4 Å². The number of allylic oxidation sites excluding steroid dienone is 1. The van der Waals surface area contributed by atoms with E-state index in [1.807, 2.05) is 6.92 Å². The summed E-state index contributed by atoms with van der Waals surface area (Å²) in [5.41, 5.74) is 0.120. The third-order valence-corrected chi connectivity index (χ3v) is 22.0. The molecular weight excluding hydrogens is 1130 g/mol. The maximum absolute atomic E-state index is 12.0. The lowest BCUT2D eigenvalue weighted by Gasteiger charge is -2.58. The van der Waals surface area contributed by atoms with E-state index >= 15 is 0 Å². The van der Waals surface area contributed by atoms with Crippen molar-refractivity contribution in [2.45, 2.75) is 270 Å². The average Bonchev–Trinajstić information content (AvgIpc) is 1.57. The summed E-state index contributed by atoms with van der Waals surface area (Å²) in [6, 6.07) is 0. The van der Waals surface area contributed by atoms with E-state index < -0.39 is 197 Å². The molecule has 7 heterocycles. The van der Waals surface area contributed by atoms with E-state index in [-0.39, 0.29) is 35.4 Å². The van der Waals surface area contributed by atoms with Gasteiger partial charge in [-0.25, -0.2) is 0 Å². The van der Waals surface area contributed by atoms with Gasteiger partial charge in [0.05, 0.1) is 56.9 Å². The summed E-state index contributed by atoms with van der Waals surface area (Å²) < 4.78 is 73.6. The van der Waals surface area contributed by atoms with Crippen molar-refractivity contribution in [1.82, 2.24) is 0 Å². The topological polar surface area (TPSA) is 434 Å². The fourth-order valence-electron chi connectivity index (χ4n) is 17.0. The van der Waals surface area contributed by atoms with Crippen molar-refractivity contribution in [2.75, 3.05) is 33.0 Å². The molecule has 28 nitrogen and oxygen atoms in total. The van der Waals surface area contributed by atoms with Crippen molar-refractivity contribution in [1.29, 1.82) is 0 Å². The van der Waals surface area contributed by atoms with Crippen LogP contribution in [0.1, 0.15) is 92.4 Å². The SMILES string of the molecule is CC1OC(OCC2OC(OC3CCC4(C)C(=CCC5C4CCC4(C)C5CC5OC6(CCC(C)(COC7OC(CO)C(O)C(O)C7O)O6)C(C)C54)C3)C(OC3OC(CO)C(O)C(OC4OC(CO)C(O)C(O)C4O)C3O)C(O)C2O)C(O)C(O)C1O. The molecule has 1 spiro atoms. The Hall–Kier alpha value is -1.38. The van der Waals surface area contributed by atoms with Crippen molar-refractivity contribution < 1.29 is 139 Å². The van der Waals surface area contributed by atoms with E-state index in [4.69, 9.17) is 56.8 Å². The van der Waals surface area contributed by atoms with Gasteiger partial charge in [0.25, 0.3) is 0 Å². The minimum atomic E-state index is -2.01. The molecular formula is C57H92O28. The van der Waals surface area contributed by atoms with E-state index in [9.17, 15) is 81.7 Å². The lowest BCUT2D eigenvalue weighted by atomic mass is 9.47. The first kappa shape index (κ1) is 65.1. The highest BCUT2D eigenvalue weighted by molar-refractivity contribution is 5.27. The molecule has 36 atom stereocenters. The molecule has 0 bridgehead atoms. The van der Waals surface area contributed by atoms with Crippen LogP contribution in [0.4, 0.5) is 0 Å². The van der Waals surface area contributed by atoms with Crippen LogP contribution in [0.3, 0.4) is 0 Å². The van der Waals surface area contributed by atoms with Gasteiger partial charge in [0.15, 0.2) is 37.2 Å². The highest BCUT2D eigenvalue weighted by Gasteiger charge is 2.71. The maximum atomic E-state index is 12.0. The van der Waals surface area contributed by atoms with Gasteiger partial charge in [-0.3, -0.25) is 0 Å². The van der Waals surface area contributed by atoms with Crippen molar-refractivity contribution in [3.05, 3.63) is 11.6 Å². The summed E-state index contributed by atoms with van der Waals surface area (Å²) in [6.45, 7) is 7.59. The number of aliphatic hydroxyl groups excluding tert-OH is 16. The van der Waals surface area contributed by atoms with Crippen molar-refractivity contribution >= 4 is 0 Å². The second-order valence-corrected chi connectivity index (χ2v) is 27.0. The molecule has 7 saturated heterocycles. The van der Waals surface area contributed by atoms with Crippen LogP contribution in [0.15, 0.2) is 11.6 Å². The predicted molar refractivity (Wildman–Crippen MR) is 281 cm³/mol. The Morgan fingerprint density at radius 3 is 1.74 bits per heavy atom. The van der Waals surface area contributed by atoms with Gasteiger partial charge < -0.3 is 139 Å². The Labute approximate surface area is 491 Å². The van der Waals surface area contributed by atoms with Crippen LogP contribution < -0.4 is 0 Å². The molecule has 0 aromatic carbocycles. The number of hydrogen-bond donors (Lipinski definition) is 16. The molecule has 36 unspecified atom stereocenters. The molecule has 10 fully saturated rings. The molecule has 16 N–H and O–H groups in total. The third kappa shape index (κ3) is 11.4. The van der Waals surface area contributed by atoms with Crippen LogP contribution in [0.25, 0.3) is 0 Å². The van der Waals surface area contributed by atoms with E-state index in [1.54, 1.807) is 0 Å². The quantitative estimate of drug-likeness (QED) is 0.0683. The van der Waals surface area contributed by atoms with E-state index in [2.05, 4.69) is 26.8 Å². The summed E-state index contributed by atoms with van der Waals surface area (Å²) in [5.74, 6) is 0.444. The van der Waals surface area contributed by atoms with Crippen LogP contribution in [0.2, 0.25) is 0 Å². The lowest BCUT2D eigenvalue weighted by molar-refractivity contribution is -0.390. The Kier molecular flexibility index (Phi) is 19.1. The minimum absolute atomic E-state index is 0.0159. The summed E-state index contributed by atoms with van der Waals surface area (Å²) in [5, 5.41) is 171. The summed E-state index contributed by atoms with van der Waals surface area (Å²) in [7, 11) is 0. The molecule has 3 saturated carbocycles. The second kappa shape index (κ2) is 24.9. The molecule has 0 aromatic rings. The molecule has 28 heteroatoms. The number of rotatable bonds is 15. The van der Waals surface area contributed by atoms with Gasteiger partial charge in [-0.1, -0.05) is 32.4 Å². The molecule has 85 heavy (non-hydrogen) atoms. The number of aliphatic hydroxyl groups is 16. The Morgan fingerprint density at radius 1 is 0.518 bits per heavy atom. The van der Waals surface area contributed by atoms with Gasteiger partial charge in [-0.05, 0) is 99.7 Å². The molecule has 7 aliphatic heterocycles. The Morgan fingerprint density at radius 2 is 1.08 bits per heavy atom. The predicted octanol–water partition coefficient (Wildman–Crippen LogP) is -5.02.